The second kappa shape index (κ2) is 5.43. The smallest absolute Gasteiger partial charge is 0.0628 e. The van der Waals surface area contributed by atoms with Gasteiger partial charge in [-0.1, -0.05) is 0 Å². The fourth-order valence-corrected chi connectivity index (χ4v) is 2.68. The number of hydrogen-bond donors (Lipinski definition) is 1. The Labute approximate surface area is 104 Å². The third-order valence-electron chi connectivity index (χ3n) is 1.82. The van der Waals surface area contributed by atoms with E-state index in [0.717, 1.165) is 10.9 Å². The van der Waals surface area contributed by atoms with Crippen molar-refractivity contribution in [3.05, 3.63) is 20.8 Å². The summed E-state index contributed by atoms with van der Waals surface area (Å²) in [6, 6.07) is 2.19. The minimum Gasteiger partial charge on any atom is -0.374 e. The Morgan fingerprint density at radius 2 is 2.20 bits per heavy atom. The van der Waals surface area contributed by atoms with Crippen molar-refractivity contribution in [1.82, 2.24) is 0 Å². The minimum absolute atomic E-state index is 0.0785. The third kappa shape index (κ3) is 5.66. The number of ether oxygens (including phenoxy) is 1. The summed E-state index contributed by atoms with van der Waals surface area (Å²) < 4.78 is 6.77. The fraction of sp³-hybridized carbons (Fsp3) is 0.636. The molecule has 15 heavy (non-hydrogen) atoms. The van der Waals surface area contributed by atoms with Crippen molar-refractivity contribution in [2.24, 2.45) is 5.73 Å². The van der Waals surface area contributed by atoms with E-state index in [0.29, 0.717) is 6.61 Å². The standard InChI is InChI=1S/C11H18BrNOS/c1-11(2,3)14-6-9(13)5-10-4-8(12)7-15-10/h4,7,9H,5-6,13H2,1-3H3. The highest BCUT2D eigenvalue weighted by molar-refractivity contribution is 9.10. The molecule has 0 aliphatic carbocycles. The van der Waals surface area contributed by atoms with Crippen LogP contribution in [0.15, 0.2) is 15.9 Å². The van der Waals surface area contributed by atoms with Gasteiger partial charge in [0, 0.05) is 20.8 Å². The lowest BCUT2D eigenvalue weighted by Crippen LogP contribution is -2.33. The van der Waals surface area contributed by atoms with Crippen molar-refractivity contribution in [2.75, 3.05) is 6.61 Å². The van der Waals surface area contributed by atoms with Gasteiger partial charge in [-0.2, -0.15) is 0 Å². The summed E-state index contributed by atoms with van der Waals surface area (Å²) in [4.78, 5) is 1.30. The van der Waals surface area contributed by atoms with Crippen LogP contribution in [0.1, 0.15) is 25.6 Å². The van der Waals surface area contributed by atoms with E-state index in [2.05, 4.69) is 27.4 Å². The maximum Gasteiger partial charge on any atom is 0.0628 e. The Morgan fingerprint density at radius 1 is 1.53 bits per heavy atom. The maximum absolute atomic E-state index is 5.99. The molecule has 1 unspecified atom stereocenters. The average molecular weight is 292 g/mol. The Hall–Kier alpha value is 0.1000. The van der Waals surface area contributed by atoms with Crippen LogP contribution in [-0.4, -0.2) is 18.2 Å². The average Bonchev–Trinajstić information content (AvgIpc) is 2.47. The Kier molecular flexibility index (Phi) is 4.77. The van der Waals surface area contributed by atoms with E-state index in [1.54, 1.807) is 11.3 Å². The molecular weight excluding hydrogens is 274 g/mol. The van der Waals surface area contributed by atoms with Gasteiger partial charge < -0.3 is 10.5 Å². The first-order valence-electron chi connectivity index (χ1n) is 4.99. The molecule has 86 valence electrons. The number of rotatable bonds is 4. The molecule has 4 heteroatoms. The van der Waals surface area contributed by atoms with Gasteiger partial charge in [0.1, 0.15) is 0 Å². The Bertz CT molecular complexity index is 306. The van der Waals surface area contributed by atoms with E-state index in [4.69, 9.17) is 10.5 Å². The Balaban J connectivity index is 2.33. The largest absolute Gasteiger partial charge is 0.374 e. The van der Waals surface area contributed by atoms with E-state index in [1.165, 1.54) is 4.88 Å². The first-order valence-corrected chi connectivity index (χ1v) is 6.66. The lowest BCUT2D eigenvalue weighted by molar-refractivity contribution is -0.00975. The molecule has 1 heterocycles. The summed E-state index contributed by atoms with van der Waals surface area (Å²) in [6.07, 6.45) is 0.881. The zero-order valence-electron chi connectivity index (χ0n) is 9.42. The summed E-state index contributed by atoms with van der Waals surface area (Å²) in [5.74, 6) is 0. The molecule has 0 amide bonds. The SMILES string of the molecule is CC(C)(C)OCC(N)Cc1cc(Br)cs1. The molecule has 1 rings (SSSR count). The predicted molar refractivity (Wildman–Crippen MR) is 69.4 cm³/mol. The molecular formula is C11H18BrNOS. The minimum atomic E-state index is -0.104. The van der Waals surface area contributed by atoms with Gasteiger partial charge in [-0.3, -0.25) is 0 Å². The normalized spacial score (nSPS) is 14.2. The lowest BCUT2D eigenvalue weighted by Gasteiger charge is -2.22. The van der Waals surface area contributed by atoms with Gasteiger partial charge >= 0.3 is 0 Å². The van der Waals surface area contributed by atoms with Crippen LogP contribution in [0.25, 0.3) is 0 Å². The summed E-state index contributed by atoms with van der Waals surface area (Å²) >= 11 is 5.16. The van der Waals surface area contributed by atoms with Gasteiger partial charge in [-0.05, 0) is 49.2 Å². The van der Waals surface area contributed by atoms with Crippen LogP contribution in [0.2, 0.25) is 0 Å². The molecule has 0 fully saturated rings. The van der Waals surface area contributed by atoms with Crippen LogP contribution in [-0.2, 0) is 11.2 Å². The van der Waals surface area contributed by atoms with E-state index >= 15 is 0 Å². The molecule has 2 nitrogen and oxygen atoms in total. The number of halogens is 1. The van der Waals surface area contributed by atoms with Gasteiger partial charge in [-0.15, -0.1) is 11.3 Å². The van der Waals surface area contributed by atoms with E-state index < -0.39 is 0 Å². The summed E-state index contributed by atoms with van der Waals surface area (Å²) in [5, 5.41) is 2.08. The van der Waals surface area contributed by atoms with Crippen LogP contribution in [0.3, 0.4) is 0 Å². The molecule has 0 bridgehead atoms. The summed E-state index contributed by atoms with van der Waals surface area (Å²) in [6.45, 7) is 6.74. The van der Waals surface area contributed by atoms with E-state index in [-0.39, 0.29) is 11.6 Å². The molecule has 0 saturated carbocycles. The highest BCUT2D eigenvalue weighted by Crippen LogP contribution is 2.21. The van der Waals surface area contributed by atoms with Crippen molar-refractivity contribution in [3.8, 4) is 0 Å². The number of hydrogen-bond acceptors (Lipinski definition) is 3. The monoisotopic (exact) mass is 291 g/mol. The van der Waals surface area contributed by atoms with Crippen LogP contribution < -0.4 is 5.73 Å². The van der Waals surface area contributed by atoms with Gasteiger partial charge in [0.05, 0.1) is 12.2 Å². The second-order valence-corrected chi connectivity index (χ2v) is 6.53. The topological polar surface area (TPSA) is 35.2 Å². The van der Waals surface area contributed by atoms with Gasteiger partial charge in [0.25, 0.3) is 0 Å². The lowest BCUT2D eigenvalue weighted by atomic mass is 10.1. The first-order chi connectivity index (χ1) is 6.87. The van der Waals surface area contributed by atoms with Crippen molar-refractivity contribution in [1.29, 1.82) is 0 Å². The van der Waals surface area contributed by atoms with Crippen LogP contribution in [0.4, 0.5) is 0 Å². The number of thiophene rings is 1. The zero-order chi connectivity index (χ0) is 11.5. The van der Waals surface area contributed by atoms with Crippen LogP contribution >= 0.6 is 27.3 Å². The molecule has 0 aromatic carbocycles. The molecule has 1 atom stereocenters. The fourth-order valence-electron chi connectivity index (χ4n) is 1.14. The molecule has 1 aromatic heterocycles. The predicted octanol–water partition coefficient (Wildman–Crippen LogP) is 3.20. The number of nitrogens with two attached hydrogens (primary N) is 1. The second-order valence-electron chi connectivity index (χ2n) is 4.62. The van der Waals surface area contributed by atoms with Crippen molar-refractivity contribution < 1.29 is 4.74 Å². The van der Waals surface area contributed by atoms with E-state index in [1.807, 2.05) is 20.8 Å². The molecule has 0 aliphatic rings. The van der Waals surface area contributed by atoms with Crippen molar-refractivity contribution >= 4 is 27.3 Å². The quantitative estimate of drug-likeness (QED) is 0.925. The zero-order valence-corrected chi connectivity index (χ0v) is 11.8. The maximum atomic E-state index is 5.99. The van der Waals surface area contributed by atoms with Gasteiger partial charge in [0.15, 0.2) is 0 Å². The van der Waals surface area contributed by atoms with Crippen molar-refractivity contribution in [2.45, 2.75) is 38.8 Å². The van der Waals surface area contributed by atoms with Gasteiger partial charge in [0.2, 0.25) is 0 Å². The first kappa shape index (κ1) is 13.2. The van der Waals surface area contributed by atoms with Gasteiger partial charge in [-0.25, -0.2) is 0 Å². The molecule has 0 spiro atoms. The third-order valence-corrected chi connectivity index (χ3v) is 3.54. The molecule has 0 saturated heterocycles. The summed E-state index contributed by atoms with van der Waals surface area (Å²) in [5.41, 5.74) is 5.89. The molecule has 2 N–H and O–H groups in total. The highest BCUT2D eigenvalue weighted by Gasteiger charge is 2.13. The Morgan fingerprint density at radius 3 is 2.67 bits per heavy atom. The van der Waals surface area contributed by atoms with Crippen LogP contribution in [0.5, 0.6) is 0 Å². The van der Waals surface area contributed by atoms with E-state index in [9.17, 15) is 0 Å². The van der Waals surface area contributed by atoms with Crippen LogP contribution in [0, 0.1) is 0 Å². The molecule has 1 aromatic rings. The summed E-state index contributed by atoms with van der Waals surface area (Å²) in [7, 11) is 0. The molecule has 0 radical (unpaired) electrons. The van der Waals surface area contributed by atoms with Crippen molar-refractivity contribution in [3.63, 3.8) is 0 Å². The molecule has 0 aliphatic heterocycles. The highest BCUT2D eigenvalue weighted by atomic mass is 79.9.